The minimum Gasteiger partial charge on any atom is -0.395 e. The predicted octanol–water partition coefficient (Wildman–Crippen LogP) is 1.73. The maximum absolute atomic E-state index is 12.2. The Labute approximate surface area is 119 Å². The van der Waals surface area contributed by atoms with Crippen LogP contribution in [0.25, 0.3) is 0 Å². The van der Waals surface area contributed by atoms with Gasteiger partial charge in [-0.3, -0.25) is 9.78 Å². The highest BCUT2D eigenvalue weighted by Crippen LogP contribution is 2.25. The molecule has 0 aromatic carbocycles. The number of nitrogens with one attached hydrogen (secondary N) is 1. The van der Waals surface area contributed by atoms with E-state index < -0.39 is 0 Å². The molecule has 1 heterocycles. The van der Waals surface area contributed by atoms with E-state index in [4.69, 9.17) is 5.11 Å². The van der Waals surface area contributed by atoms with Gasteiger partial charge in [0.2, 0.25) is 0 Å². The second-order valence-electron chi connectivity index (χ2n) is 5.23. The lowest BCUT2D eigenvalue weighted by Gasteiger charge is -2.17. The first-order valence-corrected chi connectivity index (χ1v) is 7.06. The van der Waals surface area contributed by atoms with Crippen LogP contribution in [0.4, 0.5) is 0 Å². The molecule has 1 amide bonds. The summed E-state index contributed by atoms with van der Waals surface area (Å²) in [5.74, 6) is 6.18. The summed E-state index contributed by atoms with van der Waals surface area (Å²) in [5.41, 5.74) is 1.24. The summed E-state index contributed by atoms with van der Waals surface area (Å²) in [6, 6.07) is 2.01. The molecule has 0 saturated heterocycles. The average Bonchev–Trinajstić information content (AvgIpc) is 2.85. The van der Waals surface area contributed by atoms with E-state index in [-0.39, 0.29) is 18.6 Å². The number of carbonyl (C=O) groups excluding carboxylic acids is 1. The minimum absolute atomic E-state index is 0.0418. The maximum Gasteiger partial charge on any atom is 0.253 e. The number of aliphatic hydroxyl groups excluding tert-OH is 1. The Balaban J connectivity index is 2.03. The van der Waals surface area contributed by atoms with Crippen LogP contribution >= 0.6 is 0 Å². The van der Waals surface area contributed by atoms with Crippen LogP contribution in [0.15, 0.2) is 18.5 Å². The van der Waals surface area contributed by atoms with Crippen molar-refractivity contribution in [3.05, 3.63) is 29.6 Å². The van der Waals surface area contributed by atoms with Crippen LogP contribution in [0, 0.1) is 17.8 Å². The van der Waals surface area contributed by atoms with E-state index in [2.05, 4.69) is 29.1 Å². The number of aromatic nitrogens is 1. The van der Waals surface area contributed by atoms with Gasteiger partial charge in [-0.15, -0.1) is 0 Å². The molecule has 0 aliphatic heterocycles. The largest absolute Gasteiger partial charge is 0.395 e. The highest BCUT2D eigenvalue weighted by Gasteiger charge is 2.25. The Morgan fingerprint density at radius 2 is 2.35 bits per heavy atom. The van der Waals surface area contributed by atoms with Crippen molar-refractivity contribution in [2.45, 2.75) is 38.6 Å². The maximum atomic E-state index is 12.2. The standard InChI is InChI=1S/C16H20N2O2/c1-12-5-4-7-15(12)18-16(20)14-9-13(10-17-11-14)6-2-3-8-19/h9-12,15,19H,3-5,7-8H2,1H3,(H,18,20). The third-order valence-corrected chi connectivity index (χ3v) is 3.65. The molecule has 2 atom stereocenters. The van der Waals surface area contributed by atoms with Crippen molar-refractivity contribution in [3.63, 3.8) is 0 Å². The molecule has 0 bridgehead atoms. The number of rotatable bonds is 3. The fourth-order valence-corrected chi connectivity index (χ4v) is 2.46. The fourth-order valence-electron chi connectivity index (χ4n) is 2.46. The fraction of sp³-hybridized carbons (Fsp3) is 0.500. The van der Waals surface area contributed by atoms with E-state index >= 15 is 0 Å². The van der Waals surface area contributed by atoms with Gasteiger partial charge in [0.25, 0.3) is 5.91 Å². The summed E-state index contributed by atoms with van der Waals surface area (Å²) in [4.78, 5) is 16.2. The third kappa shape index (κ3) is 3.82. The van der Waals surface area contributed by atoms with Crippen molar-refractivity contribution >= 4 is 5.91 Å². The number of hydrogen-bond donors (Lipinski definition) is 2. The zero-order chi connectivity index (χ0) is 14.4. The van der Waals surface area contributed by atoms with Crippen molar-refractivity contribution in [2.24, 2.45) is 5.92 Å². The zero-order valence-corrected chi connectivity index (χ0v) is 11.7. The molecule has 1 aromatic rings. The van der Waals surface area contributed by atoms with Gasteiger partial charge in [-0.1, -0.05) is 25.2 Å². The average molecular weight is 272 g/mol. The predicted molar refractivity (Wildman–Crippen MR) is 77.1 cm³/mol. The van der Waals surface area contributed by atoms with E-state index in [1.54, 1.807) is 18.5 Å². The smallest absolute Gasteiger partial charge is 0.253 e. The van der Waals surface area contributed by atoms with Crippen LogP contribution in [0.1, 0.15) is 48.5 Å². The monoisotopic (exact) mass is 272 g/mol. The summed E-state index contributed by atoms with van der Waals surface area (Å²) in [5, 5.41) is 11.8. The van der Waals surface area contributed by atoms with E-state index in [9.17, 15) is 4.79 Å². The summed E-state index contributed by atoms with van der Waals surface area (Å²) in [6.07, 6.45) is 7.02. The van der Waals surface area contributed by atoms with Crippen molar-refractivity contribution in [2.75, 3.05) is 6.61 Å². The topological polar surface area (TPSA) is 62.2 Å². The first-order valence-electron chi connectivity index (χ1n) is 7.06. The number of carbonyl (C=O) groups is 1. The van der Waals surface area contributed by atoms with Gasteiger partial charge in [-0.05, 0) is 24.8 Å². The molecule has 1 aliphatic carbocycles. The Morgan fingerprint density at radius 1 is 1.50 bits per heavy atom. The first-order chi connectivity index (χ1) is 9.70. The first kappa shape index (κ1) is 14.5. The molecule has 20 heavy (non-hydrogen) atoms. The van der Waals surface area contributed by atoms with Crippen molar-refractivity contribution < 1.29 is 9.90 Å². The lowest BCUT2D eigenvalue weighted by molar-refractivity contribution is 0.0929. The van der Waals surface area contributed by atoms with Crippen molar-refractivity contribution in [3.8, 4) is 11.8 Å². The SMILES string of the molecule is CC1CCCC1NC(=O)c1cncc(C#CCCO)c1. The van der Waals surface area contributed by atoms with Crippen molar-refractivity contribution in [1.29, 1.82) is 0 Å². The lowest BCUT2D eigenvalue weighted by atomic mass is 10.1. The summed E-state index contributed by atoms with van der Waals surface area (Å²) < 4.78 is 0. The van der Waals surface area contributed by atoms with E-state index in [1.165, 1.54) is 12.8 Å². The van der Waals surface area contributed by atoms with Crippen LogP contribution in [0.3, 0.4) is 0 Å². The number of aliphatic hydroxyl groups is 1. The summed E-state index contributed by atoms with van der Waals surface area (Å²) in [6.45, 7) is 2.22. The molecule has 0 spiro atoms. The number of pyridine rings is 1. The molecule has 1 saturated carbocycles. The Kier molecular flexibility index (Phi) is 5.14. The molecular weight excluding hydrogens is 252 g/mol. The van der Waals surface area contributed by atoms with E-state index in [1.807, 2.05) is 0 Å². The highest BCUT2D eigenvalue weighted by molar-refractivity contribution is 5.94. The van der Waals surface area contributed by atoms with Crippen LogP contribution < -0.4 is 5.32 Å². The molecule has 4 heteroatoms. The molecule has 0 radical (unpaired) electrons. The zero-order valence-electron chi connectivity index (χ0n) is 11.7. The van der Waals surface area contributed by atoms with Gasteiger partial charge in [0.05, 0.1) is 12.2 Å². The van der Waals surface area contributed by atoms with Gasteiger partial charge >= 0.3 is 0 Å². The van der Waals surface area contributed by atoms with Crippen LogP contribution in [0.2, 0.25) is 0 Å². The number of amides is 1. The number of nitrogens with zero attached hydrogens (tertiary/aromatic N) is 1. The molecule has 2 rings (SSSR count). The van der Waals surface area contributed by atoms with Crippen LogP contribution in [-0.2, 0) is 0 Å². The van der Waals surface area contributed by atoms with Gasteiger partial charge in [0.1, 0.15) is 0 Å². The second-order valence-corrected chi connectivity index (χ2v) is 5.23. The van der Waals surface area contributed by atoms with Gasteiger partial charge in [-0.2, -0.15) is 0 Å². The van der Waals surface area contributed by atoms with Gasteiger partial charge < -0.3 is 10.4 Å². The van der Waals surface area contributed by atoms with E-state index in [0.717, 1.165) is 6.42 Å². The highest BCUT2D eigenvalue weighted by atomic mass is 16.2. The lowest BCUT2D eigenvalue weighted by Crippen LogP contribution is -2.36. The van der Waals surface area contributed by atoms with Gasteiger partial charge in [-0.25, -0.2) is 0 Å². The Morgan fingerprint density at radius 3 is 3.05 bits per heavy atom. The molecule has 2 N–H and O–H groups in total. The molecule has 106 valence electrons. The van der Waals surface area contributed by atoms with Gasteiger partial charge in [0.15, 0.2) is 0 Å². The molecule has 1 fully saturated rings. The molecular formula is C16H20N2O2. The molecule has 1 aliphatic rings. The summed E-state index contributed by atoms with van der Waals surface area (Å²) in [7, 11) is 0. The molecule has 1 aromatic heterocycles. The van der Waals surface area contributed by atoms with E-state index in [0.29, 0.717) is 23.5 Å². The van der Waals surface area contributed by atoms with Crippen LogP contribution in [-0.4, -0.2) is 28.6 Å². The normalized spacial score (nSPS) is 21.1. The Bertz CT molecular complexity index is 531. The molecule has 4 nitrogen and oxygen atoms in total. The number of hydrogen-bond acceptors (Lipinski definition) is 3. The minimum atomic E-state index is -0.0814. The Hall–Kier alpha value is -1.86. The van der Waals surface area contributed by atoms with Crippen LogP contribution in [0.5, 0.6) is 0 Å². The third-order valence-electron chi connectivity index (χ3n) is 3.65. The van der Waals surface area contributed by atoms with Crippen molar-refractivity contribution in [1.82, 2.24) is 10.3 Å². The second kappa shape index (κ2) is 7.06. The molecule has 2 unspecified atom stereocenters. The quantitative estimate of drug-likeness (QED) is 0.824. The summed E-state index contributed by atoms with van der Waals surface area (Å²) >= 11 is 0. The van der Waals surface area contributed by atoms with Gasteiger partial charge in [0, 0.05) is 30.4 Å².